The van der Waals surface area contributed by atoms with Crippen LogP contribution in [0, 0.1) is 0 Å². The minimum absolute atomic E-state index is 0.298. The molecule has 0 fully saturated rings. The van der Waals surface area contributed by atoms with Crippen LogP contribution in [-0.4, -0.2) is 28.6 Å². The van der Waals surface area contributed by atoms with Gasteiger partial charge in [-0.25, -0.2) is 4.79 Å². The Morgan fingerprint density at radius 3 is 2.68 bits per heavy atom. The molecule has 0 aromatic heterocycles. The standard InChI is InChI=1S/C18H19NO3/c1-13-12-22-17-5-3-2-4-16(17)11-19(13)10-14-6-8-15(9-7-14)18(20)21/h2-9,13H,10-12H2,1H3,(H,20,21). The Morgan fingerprint density at radius 1 is 1.23 bits per heavy atom. The number of aromatic carboxylic acids is 1. The van der Waals surface area contributed by atoms with E-state index in [-0.39, 0.29) is 0 Å². The average Bonchev–Trinajstić information content (AvgIpc) is 2.68. The van der Waals surface area contributed by atoms with Crippen LogP contribution in [0.25, 0.3) is 0 Å². The summed E-state index contributed by atoms with van der Waals surface area (Å²) in [7, 11) is 0. The number of carboxylic acids is 1. The second kappa shape index (κ2) is 6.20. The van der Waals surface area contributed by atoms with Gasteiger partial charge in [-0.1, -0.05) is 30.3 Å². The van der Waals surface area contributed by atoms with Crippen molar-refractivity contribution < 1.29 is 14.6 Å². The number of benzene rings is 2. The van der Waals surface area contributed by atoms with Crippen molar-refractivity contribution in [1.29, 1.82) is 0 Å². The first-order chi connectivity index (χ1) is 10.6. The summed E-state index contributed by atoms with van der Waals surface area (Å²) in [4.78, 5) is 13.3. The molecule has 0 bridgehead atoms. The lowest BCUT2D eigenvalue weighted by Gasteiger charge is -2.26. The molecule has 2 aromatic carbocycles. The lowest BCUT2D eigenvalue weighted by atomic mass is 10.1. The van der Waals surface area contributed by atoms with E-state index in [2.05, 4.69) is 17.9 Å². The normalized spacial score (nSPS) is 18.1. The van der Waals surface area contributed by atoms with Crippen molar-refractivity contribution in [1.82, 2.24) is 4.90 Å². The topological polar surface area (TPSA) is 49.8 Å². The molecule has 0 saturated heterocycles. The zero-order valence-electron chi connectivity index (χ0n) is 12.5. The molecule has 0 aliphatic carbocycles. The average molecular weight is 297 g/mol. The predicted molar refractivity (Wildman–Crippen MR) is 84.0 cm³/mol. The van der Waals surface area contributed by atoms with Crippen molar-refractivity contribution in [2.24, 2.45) is 0 Å². The lowest BCUT2D eigenvalue weighted by Crippen LogP contribution is -2.34. The van der Waals surface area contributed by atoms with Crippen LogP contribution in [0.3, 0.4) is 0 Å². The number of carboxylic acid groups (broad SMARTS) is 1. The van der Waals surface area contributed by atoms with Gasteiger partial charge in [-0.3, -0.25) is 4.90 Å². The first-order valence-electron chi connectivity index (χ1n) is 7.40. The largest absolute Gasteiger partial charge is 0.492 e. The van der Waals surface area contributed by atoms with Gasteiger partial charge in [0.25, 0.3) is 0 Å². The van der Waals surface area contributed by atoms with E-state index < -0.39 is 5.97 Å². The fourth-order valence-corrected chi connectivity index (χ4v) is 2.66. The second-order valence-corrected chi connectivity index (χ2v) is 5.67. The molecule has 3 rings (SSSR count). The van der Waals surface area contributed by atoms with E-state index in [1.165, 1.54) is 5.56 Å². The first-order valence-corrected chi connectivity index (χ1v) is 7.40. The summed E-state index contributed by atoms with van der Waals surface area (Å²) >= 11 is 0. The predicted octanol–water partition coefficient (Wildman–Crippen LogP) is 3.17. The molecule has 114 valence electrons. The summed E-state index contributed by atoms with van der Waals surface area (Å²) in [5.74, 6) is 0.0649. The van der Waals surface area contributed by atoms with Gasteiger partial charge < -0.3 is 9.84 Å². The maximum Gasteiger partial charge on any atom is 0.335 e. The number of ether oxygens (including phenoxy) is 1. The highest BCUT2D eigenvalue weighted by atomic mass is 16.5. The number of fused-ring (bicyclic) bond motifs is 1. The third-order valence-electron chi connectivity index (χ3n) is 4.04. The van der Waals surface area contributed by atoms with Gasteiger partial charge in [-0.05, 0) is 30.7 Å². The highest BCUT2D eigenvalue weighted by molar-refractivity contribution is 5.87. The molecule has 22 heavy (non-hydrogen) atoms. The molecule has 1 N–H and O–H groups in total. The first kappa shape index (κ1) is 14.6. The van der Waals surface area contributed by atoms with Crippen molar-refractivity contribution in [3.8, 4) is 5.75 Å². The van der Waals surface area contributed by atoms with Gasteiger partial charge >= 0.3 is 5.97 Å². The van der Waals surface area contributed by atoms with Gasteiger partial charge in [0.05, 0.1) is 5.56 Å². The molecular formula is C18H19NO3. The van der Waals surface area contributed by atoms with Gasteiger partial charge in [-0.15, -0.1) is 0 Å². The van der Waals surface area contributed by atoms with Crippen LogP contribution in [0.1, 0.15) is 28.4 Å². The molecule has 1 aliphatic heterocycles. The number of hydrogen-bond donors (Lipinski definition) is 1. The summed E-state index contributed by atoms with van der Waals surface area (Å²) < 4.78 is 5.86. The van der Waals surface area contributed by atoms with E-state index in [1.807, 2.05) is 30.3 Å². The van der Waals surface area contributed by atoms with E-state index in [0.29, 0.717) is 18.2 Å². The van der Waals surface area contributed by atoms with Crippen molar-refractivity contribution in [3.63, 3.8) is 0 Å². The van der Waals surface area contributed by atoms with Crippen LogP contribution in [0.5, 0.6) is 5.75 Å². The summed E-state index contributed by atoms with van der Waals surface area (Å²) in [5, 5.41) is 8.96. The lowest BCUT2D eigenvalue weighted by molar-refractivity contribution is 0.0697. The quantitative estimate of drug-likeness (QED) is 0.945. The van der Waals surface area contributed by atoms with Gasteiger partial charge in [0.15, 0.2) is 0 Å². The molecule has 0 spiro atoms. The molecule has 1 atom stereocenters. The number of nitrogens with zero attached hydrogens (tertiary/aromatic N) is 1. The van der Waals surface area contributed by atoms with Crippen LogP contribution in [0.2, 0.25) is 0 Å². The zero-order chi connectivity index (χ0) is 15.5. The van der Waals surface area contributed by atoms with Crippen LogP contribution in [-0.2, 0) is 13.1 Å². The van der Waals surface area contributed by atoms with Crippen molar-refractivity contribution in [3.05, 3.63) is 65.2 Å². The van der Waals surface area contributed by atoms with Gasteiger partial charge in [0.2, 0.25) is 0 Å². The van der Waals surface area contributed by atoms with Crippen LogP contribution in [0.15, 0.2) is 48.5 Å². The Morgan fingerprint density at radius 2 is 1.95 bits per heavy atom. The minimum Gasteiger partial charge on any atom is -0.492 e. The third kappa shape index (κ3) is 3.12. The SMILES string of the molecule is CC1COc2ccccc2CN1Cc1ccc(C(=O)O)cc1. The van der Waals surface area contributed by atoms with E-state index in [0.717, 1.165) is 24.4 Å². The van der Waals surface area contributed by atoms with E-state index in [1.54, 1.807) is 12.1 Å². The fourth-order valence-electron chi connectivity index (χ4n) is 2.66. The molecule has 2 aromatic rings. The Labute approximate surface area is 130 Å². The van der Waals surface area contributed by atoms with Crippen LogP contribution in [0.4, 0.5) is 0 Å². The number of rotatable bonds is 3. The van der Waals surface area contributed by atoms with E-state index in [9.17, 15) is 4.79 Å². The van der Waals surface area contributed by atoms with Crippen molar-refractivity contribution in [2.75, 3.05) is 6.61 Å². The highest BCUT2D eigenvalue weighted by Crippen LogP contribution is 2.25. The molecule has 1 aliphatic rings. The highest BCUT2D eigenvalue weighted by Gasteiger charge is 2.21. The number of para-hydroxylation sites is 1. The van der Waals surface area contributed by atoms with Crippen LogP contribution < -0.4 is 4.74 Å². The molecule has 0 radical (unpaired) electrons. The number of carbonyl (C=O) groups is 1. The summed E-state index contributed by atoms with van der Waals surface area (Å²) in [6, 6.07) is 15.5. The molecule has 0 amide bonds. The van der Waals surface area contributed by atoms with Crippen LogP contribution >= 0.6 is 0 Å². The van der Waals surface area contributed by atoms with Crippen molar-refractivity contribution >= 4 is 5.97 Å². The van der Waals surface area contributed by atoms with Crippen molar-refractivity contribution in [2.45, 2.75) is 26.1 Å². The Hall–Kier alpha value is -2.33. The van der Waals surface area contributed by atoms with Gasteiger partial charge in [0.1, 0.15) is 12.4 Å². The monoisotopic (exact) mass is 297 g/mol. The maximum atomic E-state index is 10.9. The molecular weight excluding hydrogens is 278 g/mol. The van der Waals surface area contributed by atoms with E-state index >= 15 is 0 Å². The summed E-state index contributed by atoms with van der Waals surface area (Å²) in [6.07, 6.45) is 0. The summed E-state index contributed by atoms with van der Waals surface area (Å²) in [6.45, 7) is 4.42. The van der Waals surface area contributed by atoms with Gasteiger partial charge in [0, 0.05) is 24.7 Å². The smallest absolute Gasteiger partial charge is 0.335 e. The molecule has 4 nitrogen and oxygen atoms in total. The minimum atomic E-state index is -0.892. The van der Waals surface area contributed by atoms with Gasteiger partial charge in [-0.2, -0.15) is 0 Å². The molecule has 1 unspecified atom stereocenters. The zero-order valence-corrected chi connectivity index (χ0v) is 12.5. The number of hydrogen-bond acceptors (Lipinski definition) is 3. The Balaban J connectivity index is 1.77. The fraction of sp³-hybridized carbons (Fsp3) is 0.278. The Bertz CT molecular complexity index is 666. The molecule has 0 saturated carbocycles. The Kier molecular flexibility index (Phi) is 4.11. The van der Waals surface area contributed by atoms with E-state index in [4.69, 9.17) is 9.84 Å². The molecule has 4 heteroatoms. The molecule has 1 heterocycles. The maximum absolute atomic E-state index is 10.9. The second-order valence-electron chi connectivity index (χ2n) is 5.67. The summed E-state index contributed by atoms with van der Waals surface area (Å²) in [5.41, 5.74) is 2.62. The third-order valence-corrected chi connectivity index (χ3v) is 4.04.